The molecule has 0 saturated carbocycles. The summed E-state index contributed by atoms with van der Waals surface area (Å²) in [4.78, 5) is 33.1. The number of aryl methyl sites for hydroxylation is 2. The fourth-order valence-electron chi connectivity index (χ4n) is 3.08. The number of pyridine rings is 1. The van der Waals surface area contributed by atoms with Crippen LogP contribution in [0.25, 0.3) is 11.3 Å². The highest BCUT2D eigenvalue weighted by molar-refractivity contribution is 6.04. The third kappa shape index (κ3) is 5.46. The molecule has 160 valence electrons. The van der Waals surface area contributed by atoms with E-state index in [1.807, 2.05) is 31.2 Å². The number of rotatable bonds is 7. The van der Waals surface area contributed by atoms with E-state index in [4.69, 9.17) is 4.42 Å². The molecule has 0 aliphatic rings. The van der Waals surface area contributed by atoms with E-state index in [1.54, 1.807) is 54.9 Å². The minimum absolute atomic E-state index is 0.192. The Morgan fingerprint density at radius 3 is 2.56 bits per heavy atom. The minimum atomic E-state index is -0.303. The van der Waals surface area contributed by atoms with Gasteiger partial charge < -0.3 is 15.1 Å². The van der Waals surface area contributed by atoms with Gasteiger partial charge in [0.05, 0.1) is 6.20 Å². The van der Waals surface area contributed by atoms with Gasteiger partial charge in [-0.15, -0.1) is 0 Å². The van der Waals surface area contributed by atoms with Gasteiger partial charge in [0.15, 0.2) is 11.7 Å². The topological polar surface area (TPSA) is 97.1 Å². The summed E-state index contributed by atoms with van der Waals surface area (Å²) < 4.78 is 5.77. The highest BCUT2D eigenvalue weighted by atomic mass is 16.4. The molecule has 0 saturated heterocycles. The molecule has 4 rings (SSSR count). The van der Waals surface area contributed by atoms with Crippen LogP contribution in [0.4, 0.5) is 11.5 Å². The lowest BCUT2D eigenvalue weighted by Gasteiger charge is -2.08. The Balaban J connectivity index is 1.32. The maximum Gasteiger partial charge on any atom is 0.256 e. The highest BCUT2D eigenvalue weighted by Gasteiger charge is 2.11. The van der Waals surface area contributed by atoms with E-state index >= 15 is 0 Å². The number of benzene rings is 2. The molecular weight excluding hydrogens is 404 g/mol. The number of hydrogen-bond donors (Lipinski definition) is 2. The van der Waals surface area contributed by atoms with Crippen molar-refractivity contribution in [1.82, 2.24) is 9.97 Å². The van der Waals surface area contributed by atoms with Crippen molar-refractivity contribution < 1.29 is 14.0 Å². The van der Waals surface area contributed by atoms with Crippen LogP contribution < -0.4 is 10.6 Å². The van der Waals surface area contributed by atoms with Crippen molar-refractivity contribution in [2.45, 2.75) is 19.8 Å². The molecule has 2 aromatic heterocycles. The maximum atomic E-state index is 12.4. The first-order chi connectivity index (χ1) is 15.6. The lowest BCUT2D eigenvalue weighted by atomic mass is 10.1. The van der Waals surface area contributed by atoms with E-state index < -0.39 is 0 Å². The van der Waals surface area contributed by atoms with Crippen molar-refractivity contribution in [1.29, 1.82) is 0 Å². The van der Waals surface area contributed by atoms with E-state index in [1.165, 1.54) is 5.56 Å². The average molecular weight is 426 g/mol. The van der Waals surface area contributed by atoms with E-state index in [0.717, 1.165) is 5.56 Å². The molecule has 7 nitrogen and oxygen atoms in total. The fourth-order valence-corrected chi connectivity index (χ4v) is 3.08. The Kier molecular flexibility index (Phi) is 6.36. The molecule has 0 radical (unpaired) electrons. The summed E-state index contributed by atoms with van der Waals surface area (Å²) in [5, 5.41) is 5.53. The lowest BCUT2D eigenvalue weighted by molar-refractivity contribution is -0.116. The lowest BCUT2D eigenvalue weighted by Crippen LogP contribution is -2.15. The second-order valence-corrected chi connectivity index (χ2v) is 7.28. The van der Waals surface area contributed by atoms with Crippen LogP contribution >= 0.6 is 0 Å². The summed E-state index contributed by atoms with van der Waals surface area (Å²) in [5.41, 5.74) is 3.07. The number of carbonyl (C=O) groups is 2. The molecular formula is C25H22N4O3. The summed E-state index contributed by atoms with van der Waals surface area (Å²) in [7, 11) is 0. The molecule has 0 fully saturated rings. The zero-order valence-electron chi connectivity index (χ0n) is 17.5. The number of nitrogens with one attached hydrogen (secondary N) is 2. The third-order valence-corrected chi connectivity index (χ3v) is 4.77. The Hall–Kier alpha value is -4.26. The van der Waals surface area contributed by atoms with Crippen molar-refractivity contribution >= 4 is 23.3 Å². The van der Waals surface area contributed by atoms with E-state index in [2.05, 4.69) is 20.6 Å². The Labute approximate surface area is 185 Å². The van der Waals surface area contributed by atoms with Crippen LogP contribution in [-0.4, -0.2) is 21.8 Å². The van der Waals surface area contributed by atoms with Gasteiger partial charge in [0.1, 0.15) is 5.82 Å². The molecule has 0 spiro atoms. The monoisotopic (exact) mass is 426 g/mol. The number of hydrogen-bond acceptors (Lipinski definition) is 5. The molecule has 0 aliphatic carbocycles. The second-order valence-electron chi connectivity index (χ2n) is 7.28. The Morgan fingerprint density at radius 1 is 0.938 bits per heavy atom. The Morgan fingerprint density at radius 2 is 1.78 bits per heavy atom. The first-order valence-electron chi connectivity index (χ1n) is 10.2. The van der Waals surface area contributed by atoms with Crippen molar-refractivity contribution in [2.75, 3.05) is 10.6 Å². The van der Waals surface area contributed by atoms with Gasteiger partial charge >= 0.3 is 0 Å². The second kappa shape index (κ2) is 9.70. The third-order valence-electron chi connectivity index (χ3n) is 4.77. The Bertz CT molecular complexity index is 1220. The zero-order valence-corrected chi connectivity index (χ0v) is 17.5. The predicted molar refractivity (Wildman–Crippen MR) is 122 cm³/mol. The van der Waals surface area contributed by atoms with Crippen LogP contribution in [0.15, 0.2) is 83.5 Å². The van der Waals surface area contributed by atoms with Gasteiger partial charge in [0.2, 0.25) is 5.91 Å². The summed E-state index contributed by atoms with van der Waals surface area (Å²) in [6.07, 6.45) is 3.85. The van der Waals surface area contributed by atoms with Gasteiger partial charge in [-0.1, -0.05) is 42.0 Å². The maximum absolute atomic E-state index is 12.4. The first-order valence-corrected chi connectivity index (χ1v) is 10.2. The fraction of sp³-hybridized carbons (Fsp3) is 0.120. The number of amides is 2. The van der Waals surface area contributed by atoms with E-state index in [-0.39, 0.29) is 18.2 Å². The van der Waals surface area contributed by atoms with Gasteiger partial charge in [-0.2, -0.15) is 0 Å². The van der Waals surface area contributed by atoms with Gasteiger partial charge in [-0.05, 0) is 37.3 Å². The molecule has 32 heavy (non-hydrogen) atoms. The molecule has 4 aromatic rings. The normalized spacial score (nSPS) is 10.5. The molecule has 0 bridgehead atoms. The summed E-state index contributed by atoms with van der Waals surface area (Å²) >= 11 is 0. The molecule has 0 atom stereocenters. The van der Waals surface area contributed by atoms with E-state index in [0.29, 0.717) is 35.1 Å². The zero-order chi connectivity index (χ0) is 22.3. The molecule has 2 aromatic carbocycles. The quantitative estimate of drug-likeness (QED) is 0.439. The predicted octanol–water partition coefficient (Wildman–Crippen LogP) is 4.87. The van der Waals surface area contributed by atoms with Crippen LogP contribution in [0.1, 0.15) is 28.2 Å². The van der Waals surface area contributed by atoms with Crippen molar-refractivity contribution in [3.8, 4) is 11.3 Å². The van der Waals surface area contributed by atoms with Crippen molar-refractivity contribution in [3.63, 3.8) is 0 Å². The number of oxazole rings is 1. The van der Waals surface area contributed by atoms with Gasteiger partial charge in [-0.25, -0.2) is 9.97 Å². The number of carbonyl (C=O) groups excluding carboxylic acids is 2. The van der Waals surface area contributed by atoms with Gasteiger partial charge in [0, 0.05) is 35.9 Å². The average Bonchev–Trinajstić information content (AvgIpc) is 3.28. The van der Waals surface area contributed by atoms with Crippen LogP contribution in [0.5, 0.6) is 0 Å². The number of nitrogens with zero attached hydrogens (tertiary/aromatic N) is 2. The van der Waals surface area contributed by atoms with Gasteiger partial charge in [0.25, 0.3) is 5.91 Å². The van der Waals surface area contributed by atoms with Crippen LogP contribution in [0, 0.1) is 6.92 Å². The number of aromatic nitrogens is 2. The number of anilines is 2. The molecule has 2 N–H and O–H groups in total. The largest absolute Gasteiger partial charge is 0.441 e. The van der Waals surface area contributed by atoms with Crippen molar-refractivity contribution in [2.24, 2.45) is 0 Å². The summed E-state index contributed by atoms with van der Waals surface area (Å²) in [6, 6.07) is 20.0. The van der Waals surface area contributed by atoms with Gasteiger partial charge in [-0.3, -0.25) is 9.59 Å². The smallest absolute Gasteiger partial charge is 0.256 e. The molecule has 2 heterocycles. The first kappa shape index (κ1) is 21.0. The highest BCUT2D eigenvalue weighted by Crippen LogP contribution is 2.21. The summed E-state index contributed by atoms with van der Waals surface area (Å²) in [6.45, 7) is 2.02. The van der Waals surface area contributed by atoms with E-state index in [9.17, 15) is 9.59 Å². The molecule has 0 unspecified atom stereocenters. The van der Waals surface area contributed by atoms with Crippen LogP contribution in [0.2, 0.25) is 0 Å². The summed E-state index contributed by atoms with van der Waals surface area (Å²) in [5.74, 6) is 1.14. The standard InChI is InChI=1S/C25H22N4O3/c1-17-8-10-18(11-9-17)21-16-27-24(32-21)13-12-23(30)28-20-6-4-5-19(15-20)25(31)29-22-7-2-3-14-26-22/h2-11,14-16H,12-13H2,1H3,(H,28,30)(H,26,29,31). The molecule has 0 aliphatic heterocycles. The SMILES string of the molecule is Cc1ccc(-c2cnc(CCC(=O)Nc3cccc(C(=O)Nc4ccccn4)c3)o2)cc1. The molecule has 7 heteroatoms. The van der Waals surface area contributed by atoms with Crippen molar-refractivity contribution in [3.05, 3.63) is 96.1 Å². The molecule has 2 amide bonds. The minimum Gasteiger partial charge on any atom is -0.441 e. The van der Waals surface area contributed by atoms with Crippen LogP contribution in [0.3, 0.4) is 0 Å². The van der Waals surface area contributed by atoms with Crippen LogP contribution in [-0.2, 0) is 11.2 Å².